The lowest BCUT2D eigenvalue weighted by Gasteiger charge is -2.09. The summed E-state index contributed by atoms with van der Waals surface area (Å²) in [5, 5.41) is 2.66. The number of aromatic nitrogens is 2. The van der Waals surface area contributed by atoms with Gasteiger partial charge in [-0.1, -0.05) is 0 Å². The van der Waals surface area contributed by atoms with Crippen LogP contribution in [0.5, 0.6) is 5.75 Å². The highest BCUT2D eigenvalue weighted by molar-refractivity contribution is 5.94. The number of carbonyl (C=O) groups excluding carboxylic acids is 2. The van der Waals surface area contributed by atoms with Gasteiger partial charge < -0.3 is 15.8 Å². The van der Waals surface area contributed by atoms with Crippen molar-refractivity contribution in [1.82, 2.24) is 9.55 Å². The maximum atomic E-state index is 12.4. The molecule has 0 unspecified atom stereocenters. The van der Waals surface area contributed by atoms with Crippen LogP contribution in [0.3, 0.4) is 0 Å². The normalized spacial score (nSPS) is 10.4. The zero-order valence-electron chi connectivity index (χ0n) is 15.8. The first-order valence-corrected chi connectivity index (χ1v) is 8.95. The summed E-state index contributed by atoms with van der Waals surface area (Å²) in [4.78, 5) is 39.9. The number of anilines is 1. The Hall–Kier alpha value is -3.94. The molecule has 8 heteroatoms. The monoisotopic (exact) mass is 392 g/mol. The molecule has 148 valence electrons. The Bertz CT molecular complexity index is 1070. The van der Waals surface area contributed by atoms with Crippen LogP contribution in [0, 0.1) is 0 Å². The van der Waals surface area contributed by atoms with Crippen molar-refractivity contribution in [2.24, 2.45) is 5.73 Å². The third kappa shape index (κ3) is 5.07. The zero-order chi connectivity index (χ0) is 20.8. The van der Waals surface area contributed by atoms with E-state index in [1.54, 1.807) is 12.1 Å². The Morgan fingerprint density at radius 3 is 2.38 bits per heavy atom. The van der Waals surface area contributed by atoms with Crippen LogP contribution in [0.4, 0.5) is 5.69 Å². The Morgan fingerprint density at radius 1 is 1.10 bits per heavy atom. The summed E-state index contributed by atoms with van der Waals surface area (Å²) >= 11 is 0. The number of benzene rings is 2. The van der Waals surface area contributed by atoms with Crippen LogP contribution in [0.15, 0.2) is 65.7 Å². The van der Waals surface area contributed by atoms with E-state index in [9.17, 15) is 14.4 Å². The topological polar surface area (TPSA) is 116 Å². The highest BCUT2D eigenvalue weighted by Crippen LogP contribution is 2.19. The zero-order valence-corrected chi connectivity index (χ0v) is 15.8. The van der Waals surface area contributed by atoms with E-state index in [2.05, 4.69) is 10.3 Å². The maximum Gasteiger partial charge on any atom is 0.254 e. The molecule has 0 saturated heterocycles. The average Bonchev–Trinajstić information content (AvgIpc) is 2.71. The van der Waals surface area contributed by atoms with E-state index in [4.69, 9.17) is 10.5 Å². The molecule has 0 aliphatic rings. The number of hydrogen-bond acceptors (Lipinski definition) is 5. The summed E-state index contributed by atoms with van der Waals surface area (Å²) in [7, 11) is 0. The van der Waals surface area contributed by atoms with Crippen LogP contribution < -0.4 is 21.3 Å². The minimum atomic E-state index is -0.548. The van der Waals surface area contributed by atoms with Crippen molar-refractivity contribution in [1.29, 1.82) is 0 Å². The molecular formula is C21H20N4O4. The molecule has 0 spiro atoms. The molecule has 1 aromatic heterocycles. The van der Waals surface area contributed by atoms with E-state index in [-0.39, 0.29) is 12.1 Å². The standard InChI is InChI=1S/C21H20N4O4/c1-2-29-17-9-5-14(6-10-17)18-11-20(27)25(13-23-18)12-19(26)24-16-7-3-15(4-8-16)21(22)28/h3-11,13H,2,12H2,1H3,(H2,22,28)(H,24,26). The number of ether oxygens (including phenoxy) is 1. The van der Waals surface area contributed by atoms with E-state index < -0.39 is 11.8 Å². The number of nitrogens with zero attached hydrogens (tertiary/aromatic N) is 2. The van der Waals surface area contributed by atoms with Gasteiger partial charge in [0.05, 0.1) is 18.6 Å². The number of nitrogens with one attached hydrogen (secondary N) is 1. The number of primary amides is 1. The fraction of sp³-hybridized carbons (Fsp3) is 0.143. The lowest BCUT2D eigenvalue weighted by Crippen LogP contribution is -2.27. The molecule has 0 saturated carbocycles. The summed E-state index contributed by atoms with van der Waals surface area (Å²) in [5.41, 5.74) is 6.96. The summed E-state index contributed by atoms with van der Waals surface area (Å²) in [5.74, 6) is -0.201. The van der Waals surface area contributed by atoms with E-state index in [0.717, 1.165) is 11.3 Å². The van der Waals surface area contributed by atoms with Crippen LogP contribution in [0.1, 0.15) is 17.3 Å². The molecule has 0 fully saturated rings. The van der Waals surface area contributed by atoms with Gasteiger partial charge in [-0.3, -0.25) is 19.0 Å². The number of hydrogen-bond donors (Lipinski definition) is 2. The van der Waals surface area contributed by atoms with Crippen molar-refractivity contribution < 1.29 is 14.3 Å². The van der Waals surface area contributed by atoms with Gasteiger partial charge in [-0.2, -0.15) is 0 Å². The molecule has 0 aliphatic heterocycles. The molecule has 0 radical (unpaired) electrons. The molecule has 29 heavy (non-hydrogen) atoms. The Labute approximate surface area is 167 Å². The SMILES string of the molecule is CCOc1ccc(-c2cc(=O)n(CC(=O)Nc3ccc(C(N)=O)cc3)cn2)cc1. The predicted molar refractivity (Wildman–Crippen MR) is 109 cm³/mol. The van der Waals surface area contributed by atoms with E-state index in [1.165, 1.54) is 29.1 Å². The maximum absolute atomic E-state index is 12.4. The number of carbonyl (C=O) groups is 2. The molecule has 3 rings (SSSR count). The third-order valence-electron chi connectivity index (χ3n) is 4.11. The van der Waals surface area contributed by atoms with Crippen molar-refractivity contribution in [3.63, 3.8) is 0 Å². The average molecular weight is 392 g/mol. The summed E-state index contributed by atoms with van der Waals surface area (Å²) < 4.78 is 6.61. The van der Waals surface area contributed by atoms with Crippen molar-refractivity contribution in [2.45, 2.75) is 13.5 Å². The minimum Gasteiger partial charge on any atom is -0.494 e. The van der Waals surface area contributed by atoms with E-state index in [1.807, 2.05) is 31.2 Å². The first kappa shape index (κ1) is 19.8. The van der Waals surface area contributed by atoms with Crippen molar-refractivity contribution >= 4 is 17.5 Å². The molecular weight excluding hydrogens is 372 g/mol. The smallest absolute Gasteiger partial charge is 0.254 e. The molecule has 8 nitrogen and oxygen atoms in total. The largest absolute Gasteiger partial charge is 0.494 e. The van der Waals surface area contributed by atoms with Crippen molar-refractivity contribution in [2.75, 3.05) is 11.9 Å². The minimum absolute atomic E-state index is 0.188. The van der Waals surface area contributed by atoms with Gasteiger partial charge in [0.2, 0.25) is 11.8 Å². The predicted octanol–water partition coefficient (Wildman–Crippen LogP) is 2.05. The second-order valence-corrected chi connectivity index (χ2v) is 6.19. The Balaban J connectivity index is 1.67. The molecule has 0 bridgehead atoms. The van der Waals surface area contributed by atoms with Crippen molar-refractivity contribution in [3.8, 4) is 17.0 Å². The second-order valence-electron chi connectivity index (χ2n) is 6.19. The number of amides is 2. The summed E-state index contributed by atoms with van der Waals surface area (Å²) in [6, 6.07) is 14.8. The fourth-order valence-electron chi connectivity index (χ4n) is 2.66. The van der Waals surface area contributed by atoms with Crippen LogP contribution in [0.25, 0.3) is 11.3 Å². The Kier molecular flexibility index (Phi) is 6.03. The molecule has 2 aromatic carbocycles. The van der Waals surface area contributed by atoms with Gasteiger partial charge in [-0.15, -0.1) is 0 Å². The highest BCUT2D eigenvalue weighted by Gasteiger charge is 2.08. The molecule has 3 N–H and O–H groups in total. The van der Waals surface area contributed by atoms with Gasteiger partial charge in [0.15, 0.2) is 0 Å². The number of rotatable bonds is 7. The first-order chi connectivity index (χ1) is 14.0. The number of nitrogens with two attached hydrogens (primary N) is 1. The van der Waals surface area contributed by atoms with Gasteiger partial charge in [0.1, 0.15) is 12.3 Å². The van der Waals surface area contributed by atoms with Crippen LogP contribution in [0.2, 0.25) is 0 Å². The van der Waals surface area contributed by atoms with Crippen molar-refractivity contribution in [3.05, 3.63) is 76.8 Å². The van der Waals surface area contributed by atoms with Crippen LogP contribution in [-0.4, -0.2) is 28.0 Å². The van der Waals surface area contributed by atoms with E-state index >= 15 is 0 Å². The van der Waals surface area contributed by atoms with Gasteiger partial charge >= 0.3 is 0 Å². The van der Waals surface area contributed by atoms with Crippen LogP contribution in [-0.2, 0) is 11.3 Å². The molecule has 0 aliphatic carbocycles. The summed E-state index contributed by atoms with van der Waals surface area (Å²) in [6.07, 6.45) is 1.34. The summed E-state index contributed by atoms with van der Waals surface area (Å²) in [6.45, 7) is 2.29. The quantitative estimate of drug-likeness (QED) is 0.638. The Morgan fingerprint density at radius 2 is 1.79 bits per heavy atom. The third-order valence-corrected chi connectivity index (χ3v) is 4.11. The van der Waals surface area contributed by atoms with Gasteiger partial charge in [0.25, 0.3) is 5.56 Å². The first-order valence-electron chi connectivity index (χ1n) is 8.95. The molecule has 3 aromatic rings. The lowest BCUT2D eigenvalue weighted by molar-refractivity contribution is -0.116. The second kappa shape index (κ2) is 8.83. The van der Waals surface area contributed by atoms with Crippen LogP contribution >= 0.6 is 0 Å². The highest BCUT2D eigenvalue weighted by atomic mass is 16.5. The molecule has 1 heterocycles. The van der Waals surface area contributed by atoms with Gasteiger partial charge in [0, 0.05) is 22.9 Å². The van der Waals surface area contributed by atoms with Gasteiger partial charge in [-0.25, -0.2) is 4.98 Å². The van der Waals surface area contributed by atoms with Gasteiger partial charge in [-0.05, 0) is 55.5 Å². The fourth-order valence-corrected chi connectivity index (χ4v) is 2.66. The lowest BCUT2D eigenvalue weighted by atomic mass is 10.1. The molecule has 0 atom stereocenters. The molecule has 2 amide bonds. The van der Waals surface area contributed by atoms with E-state index in [0.29, 0.717) is 23.6 Å².